The normalized spacial score (nSPS) is 29.4. The van der Waals surface area contributed by atoms with Gasteiger partial charge in [-0.2, -0.15) is 0 Å². The summed E-state index contributed by atoms with van der Waals surface area (Å²) in [5, 5.41) is 14.5. The number of nitrogens with one attached hydrogen (secondary N) is 3. The molecule has 4 aliphatic rings. The molecule has 4 N–H and O–H groups in total. The van der Waals surface area contributed by atoms with Crippen molar-refractivity contribution >= 4 is 27.9 Å². The van der Waals surface area contributed by atoms with Gasteiger partial charge in [-0.25, -0.2) is 17.6 Å². The molecule has 0 unspecified atom stereocenters. The lowest BCUT2D eigenvalue weighted by molar-refractivity contribution is -0.130. The Labute approximate surface area is 202 Å². The molecular formula is C23H27FN4O6S. The third-order valence-corrected chi connectivity index (χ3v) is 9.28. The average molecular weight is 507 g/mol. The lowest BCUT2D eigenvalue weighted by atomic mass is 9.93. The Balaban J connectivity index is 1.25. The van der Waals surface area contributed by atoms with Crippen molar-refractivity contribution in [3.05, 3.63) is 47.3 Å². The van der Waals surface area contributed by atoms with Gasteiger partial charge in [-0.3, -0.25) is 19.2 Å². The molecule has 0 aromatic heterocycles. The monoisotopic (exact) mass is 506 g/mol. The maximum atomic E-state index is 14.7. The van der Waals surface area contributed by atoms with Crippen LogP contribution in [-0.4, -0.2) is 59.7 Å². The number of carboxylic acid groups (broad SMARTS) is 1. The van der Waals surface area contributed by atoms with Gasteiger partial charge in [-0.1, -0.05) is 12.1 Å². The smallest absolute Gasteiger partial charge is 0.407 e. The van der Waals surface area contributed by atoms with Crippen molar-refractivity contribution in [2.45, 2.75) is 61.5 Å². The first-order valence-corrected chi connectivity index (χ1v) is 13.1. The van der Waals surface area contributed by atoms with Crippen LogP contribution in [-0.2, 0) is 32.7 Å². The molecule has 2 saturated carbocycles. The molecule has 0 radical (unpaired) electrons. The van der Waals surface area contributed by atoms with E-state index in [0.29, 0.717) is 42.5 Å². The molecule has 0 bridgehead atoms. The van der Waals surface area contributed by atoms with E-state index in [1.54, 1.807) is 6.07 Å². The predicted octanol–water partition coefficient (Wildman–Crippen LogP) is 0.934. The molecule has 5 rings (SSSR count). The quantitative estimate of drug-likeness (QED) is 0.403. The van der Waals surface area contributed by atoms with Gasteiger partial charge in [-0.15, -0.1) is 6.58 Å². The summed E-state index contributed by atoms with van der Waals surface area (Å²) < 4.78 is 41.3. The van der Waals surface area contributed by atoms with Gasteiger partial charge in [0, 0.05) is 24.6 Å². The molecular weight excluding hydrogens is 479 g/mol. The van der Waals surface area contributed by atoms with Gasteiger partial charge < -0.3 is 15.7 Å². The number of nitrogens with zero attached hydrogens (tertiary/aromatic N) is 1. The Bertz CT molecular complexity index is 1230. The van der Waals surface area contributed by atoms with Gasteiger partial charge in [-0.05, 0) is 48.8 Å². The summed E-state index contributed by atoms with van der Waals surface area (Å²) >= 11 is 0. The number of sulfonamides is 1. The molecule has 1 aromatic carbocycles. The second kappa shape index (κ2) is 8.30. The van der Waals surface area contributed by atoms with E-state index in [4.69, 9.17) is 0 Å². The Morgan fingerprint density at radius 3 is 2.63 bits per heavy atom. The van der Waals surface area contributed by atoms with Crippen molar-refractivity contribution in [1.82, 2.24) is 20.3 Å². The fourth-order valence-corrected chi connectivity index (χ4v) is 6.43. The number of carbonyl (C=O) groups excluding carboxylic acids is 2. The molecule has 35 heavy (non-hydrogen) atoms. The van der Waals surface area contributed by atoms with E-state index in [0.717, 1.165) is 4.90 Å². The van der Waals surface area contributed by atoms with E-state index in [-0.39, 0.29) is 31.3 Å². The van der Waals surface area contributed by atoms with Crippen LogP contribution >= 0.6 is 0 Å². The second-order valence-electron chi connectivity index (χ2n) is 9.85. The van der Waals surface area contributed by atoms with Crippen LogP contribution in [0.2, 0.25) is 0 Å². The van der Waals surface area contributed by atoms with Crippen LogP contribution in [0.5, 0.6) is 0 Å². The third kappa shape index (κ3) is 4.29. The van der Waals surface area contributed by atoms with Gasteiger partial charge in [0.1, 0.15) is 11.4 Å². The first kappa shape index (κ1) is 23.7. The zero-order valence-electron chi connectivity index (χ0n) is 18.9. The summed E-state index contributed by atoms with van der Waals surface area (Å²) in [4.78, 5) is 38.3. The fraction of sp³-hybridized carbons (Fsp3) is 0.522. The minimum Gasteiger partial charge on any atom is -0.465 e. The molecule has 10 nitrogen and oxygen atoms in total. The van der Waals surface area contributed by atoms with Crippen molar-refractivity contribution in [2.24, 2.45) is 5.92 Å². The van der Waals surface area contributed by atoms with Crippen molar-refractivity contribution in [3.63, 3.8) is 0 Å². The highest BCUT2D eigenvalue weighted by Gasteiger charge is 2.61. The van der Waals surface area contributed by atoms with E-state index >= 15 is 0 Å². The van der Waals surface area contributed by atoms with E-state index < -0.39 is 50.6 Å². The maximum absolute atomic E-state index is 14.7. The lowest BCUT2D eigenvalue weighted by Crippen LogP contribution is -2.55. The number of carbonyl (C=O) groups is 3. The van der Waals surface area contributed by atoms with Crippen molar-refractivity contribution in [3.8, 4) is 0 Å². The van der Waals surface area contributed by atoms with Gasteiger partial charge in [0.15, 0.2) is 0 Å². The first-order chi connectivity index (χ1) is 16.5. The summed E-state index contributed by atoms with van der Waals surface area (Å²) in [7, 11) is -3.76. The highest BCUT2D eigenvalue weighted by molar-refractivity contribution is 7.91. The minimum atomic E-state index is -3.76. The molecule has 1 saturated heterocycles. The summed E-state index contributed by atoms with van der Waals surface area (Å²) in [6.07, 6.45) is 2.06. The zero-order chi connectivity index (χ0) is 25.1. The standard InChI is InChI=1S/C23H27FN4O6S/c1-2-15-8-23(15,21(30)27-35(33,34)16-3-4-16)26-20(29)19-7-13(9-25-19)12-5-14-10-28(22(31)32)11-17(14)18(24)6-12/h2,5-6,13,15-16,19,25H,1,3-4,7-11H2,(H,26,29)(H,27,30)(H,31,32)/t13-,15+,19-,23+/m0/s1. The summed E-state index contributed by atoms with van der Waals surface area (Å²) in [5.41, 5.74) is 0.319. The van der Waals surface area contributed by atoms with Crippen LogP contribution in [0.1, 0.15) is 48.3 Å². The van der Waals surface area contributed by atoms with Crippen LogP contribution in [0.4, 0.5) is 9.18 Å². The van der Waals surface area contributed by atoms with E-state index in [9.17, 15) is 32.3 Å². The fourth-order valence-electron chi connectivity index (χ4n) is 5.07. The van der Waals surface area contributed by atoms with Crippen molar-refractivity contribution in [1.29, 1.82) is 0 Å². The molecule has 2 heterocycles. The zero-order valence-corrected chi connectivity index (χ0v) is 19.7. The number of hydrogen-bond donors (Lipinski definition) is 4. The minimum absolute atomic E-state index is 0.00973. The number of halogens is 1. The Morgan fingerprint density at radius 1 is 1.26 bits per heavy atom. The lowest BCUT2D eigenvalue weighted by Gasteiger charge is -2.21. The second-order valence-corrected chi connectivity index (χ2v) is 11.8. The SMILES string of the molecule is C=C[C@@H]1C[C@]1(NC(=O)[C@@H]1C[C@H](c2cc(F)c3c(c2)CN(C(=O)O)C3)CN1)C(=O)NS(=O)(=O)C1CC1. The molecule has 3 fully saturated rings. The Hall–Kier alpha value is -2.99. The first-order valence-electron chi connectivity index (χ1n) is 11.6. The summed E-state index contributed by atoms with van der Waals surface area (Å²) in [6, 6.07) is 2.53. The molecule has 12 heteroatoms. The number of rotatable bonds is 7. The average Bonchev–Trinajstić information content (AvgIpc) is 3.67. The summed E-state index contributed by atoms with van der Waals surface area (Å²) in [5.74, 6) is -2.20. The molecule has 4 atom stereocenters. The predicted molar refractivity (Wildman–Crippen MR) is 122 cm³/mol. The highest BCUT2D eigenvalue weighted by Crippen LogP contribution is 2.45. The van der Waals surface area contributed by atoms with E-state index in [1.807, 2.05) is 0 Å². The van der Waals surface area contributed by atoms with Crippen LogP contribution in [0, 0.1) is 11.7 Å². The number of benzene rings is 1. The number of amides is 3. The third-order valence-electron chi connectivity index (χ3n) is 7.46. The Morgan fingerprint density at radius 2 is 2.00 bits per heavy atom. The summed E-state index contributed by atoms with van der Waals surface area (Å²) in [6.45, 7) is 4.21. The van der Waals surface area contributed by atoms with E-state index in [1.165, 1.54) is 12.1 Å². The number of fused-ring (bicyclic) bond motifs is 1. The van der Waals surface area contributed by atoms with Crippen LogP contribution in [0.15, 0.2) is 24.8 Å². The molecule has 2 aliphatic carbocycles. The molecule has 3 amide bonds. The van der Waals surface area contributed by atoms with E-state index in [2.05, 4.69) is 21.9 Å². The molecule has 1 aromatic rings. The topological polar surface area (TPSA) is 145 Å². The van der Waals surface area contributed by atoms with Crippen molar-refractivity contribution in [2.75, 3.05) is 6.54 Å². The van der Waals surface area contributed by atoms with Crippen LogP contribution < -0.4 is 15.4 Å². The highest BCUT2D eigenvalue weighted by atomic mass is 32.2. The molecule has 2 aliphatic heterocycles. The van der Waals surface area contributed by atoms with Crippen molar-refractivity contribution < 1.29 is 32.3 Å². The van der Waals surface area contributed by atoms with Gasteiger partial charge >= 0.3 is 6.09 Å². The Kier molecular flexibility index (Phi) is 5.63. The van der Waals surface area contributed by atoms with Crippen LogP contribution in [0.3, 0.4) is 0 Å². The largest absolute Gasteiger partial charge is 0.465 e. The van der Waals surface area contributed by atoms with Gasteiger partial charge in [0.2, 0.25) is 15.9 Å². The van der Waals surface area contributed by atoms with Gasteiger partial charge in [0.25, 0.3) is 5.91 Å². The molecule has 188 valence electrons. The number of hydrogen-bond acceptors (Lipinski definition) is 6. The molecule has 0 spiro atoms. The van der Waals surface area contributed by atoms with Gasteiger partial charge in [0.05, 0.1) is 17.8 Å². The maximum Gasteiger partial charge on any atom is 0.407 e. The van der Waals surface area contributed by atoms with Crippen LogP contribution in [0.25, 0.3) is 0 Å².